The molecule has 0 radical (unpaired) electrons. The summed E-state index contributed by atoms with van der Waals surface area (Å²) in [5.41, 5.74) is 4.90. The quantitative estimate of drug-likeness (QED) is 0.476. The third kappa shape index (κ3) is 2.54. The summed E-state index contributed by atoms with van der Waals surface area (Å²) in [6, 6.07) is 5.99. The molecule has 2 aromatic rings. The molecule has 5 nitrogen and oxygen atoms in total. The first-order valence-corrected chi connectivity index (χ1v) is 5.02. The summed E-state index contributed by atoms with van der Waals surface area (Å²) in [4.78, 5) is 25.2. The van der Waals surface area contributed by atoms with Gasteiger partial charge in [0, 0.05) is 24.4 Å². The lowest BCUT2D eigenvalue weighted by Gasteiger charge is -2.04. The van der Waals surface area contributed by atoms with Crippen molar-refractivity contribution in [2.45, 2.75) is 0 Å². The van der Waals surface area contributed by atoms with Gasteiger partial charge < -0.3 is 15.5 Å². The van der Waals surface area contributed by atoms with Crippen molar-refractivity contribution in [1.29, 1.82) is 0 Å². The third-order valence-electron chi connectivity index (χ3n) is 2.18. The molecule has 6 heteroatoms. The number of aromatic amines is 1. The van der Waals surface area contributed by atoms with Crippen LogP contribution in [-0.4, -0.2) is 11.0 Å². The molecule has 1 heterocycles. The maximum atomic E-state index is 13.1. The molecule has 1 aromatic heterocycles. The van der Waals surface area contributed by atoms with Gasteiger partial charge in [0.15, 0.2) is 5.43 Å². The Balaban J connectivity index is 2.21. The predicted octanol–water partition coefficient (Wildman–Crippen LogP) is 1.32. The van der Waals surface area contributed by atoms with Crippen LogP contribution in [-0.2, 0) is 0 Å². The fraction of sp³-hybridized carbons (Fsp3) is 0. The van der Waals surface area contributed by atoms with Crippen LogP contribution in [0.25, 0.3) is 0 Å². The fourth-order valence-corrected chi connectivity index (χ4v) is 1.30. The highest BCUT2D eigenvalue weighted by atomic mass is 19.1. The van der Waals surface area contributed by atoms with E-state index in [-0.39, 0.29) is 22.6 Å². The maximum absolute atomic E-state index is 13.1. The topological polar surface area (TPSA) is 85.2 Å². The molecular formula is C12H9FN2O3. The highest BCUT2D eigenvalue weighted by Crippen LogP contribution is 2.18. The molecule has 18 heavy (non-hydrogen) atoms. The second-order valence-electron chi connectivity index (χ2n) is 3.51. The summed E-state index contributed by atoms with van der Waals surface area (Å²) in [6.45, 7) is 0. The Morgan fingerprint density at radius 1 is 1.28 bits per heavy atom. The molecule has 0 fully saturated rings. The molecule has 1 aromatic carbocycles. The molecule has 0 aliphatic rings. The second kappa shape index (κ2) is 4.70. The smallest absolute Gasteiger partial charge is 0.360 e. The summed E-state index contributed by atoms with van der Waals surface area (Å²) >= 11 is 0. The van der Waals surface area contributed by atoms with Gasteiger partial charge in [-0.25, -0.2) is 9.18 Å². The number of nitrogen functional groups attached to an aromatic ring is 1. The lowest BCUT2D eigenvalue weighted by atomic mass is 10.3. The SMILES string of the molecule is Nc1ccc(OC(=O)c2cc(=O)cc[nH]2)cc1F. The Bertz CT molecular complexity index is 652. The molecule has 2 rings (SSSR count). The Labute approximate surface area is 101 Å². The molecule has 0 amide bonds. The number of H-pyrrole nitrogens is 1. The van der Waals surface area contributed by atoms with Crippen molar-refractivity contribution in [1.82, 2.24) is 4.98 Å². The van der Waals surface area contributed by atoms with Crippen molar-refractivity contribution < 1.29 is 13.9 Å². The average molecular weight is 248 g/mol. The minimum Gasteiger partial charge on any atom is -0.422 e. The second-order valence-corrected chi connectivity index (χ2v) is 3.51. The normalized spacial score (nSPS) is 10.1. The summed E-state index contributed by atoms with van der Waals surface area (Å²) < 4.78 is 18.0. The van der Waals surface area contributed by atoms with Gasteiger partial charge >= 0.3 is 5.97 Å². The van der Waals surface area contributed by atoms with Gasteiger partial charge in [-0.1, -0.05) is 0 Å². The van der Waals surface area contributed by atoms with E-state index in [2.05, 4.69) is 4.98 Å². The van der Waals surface area contributed by atoms with Crippen molar-refractivity contribution in [2.24, 2.45) is 0 Å². The lowest BCUT2D eigenvalue weighted by molar-refractivity contribution is 0.0728. The van der Waals surface area contributed by atoms with Crippen LogP contribution >= 0.6 is 0 Å². The van der Waals surface area contributed by atoms with E-state index in [1.807, 2.05) is 0 Å². The first kappa shape index (κ1) is 11.8. The van der Waals surface area contributed by atoms with Crippen molar-refractivity contribution >= 4 is 11.7 Å². The van der Waals surface area contributed by atoms with Gasteiger partial charge in [-0.15, -0.1) is 0 Å². The number of anilines is 1. The number of esters is 1. The zero-order valence-electron chi connectivity index (χ0n) is 9.14. The van der Waals surface area contributed by atoms with Gasteiger partial charge in [-0.3, -0.25) is 4.79 Å². The maximum Gasteiger partial charge on any atom is 0.360 e. The summed E-state index contributed by atoms with van der Waals surface area (Å²) in [7, 11) is 0. The largest absolute Gasteiger partial charge is 0.422 e. The average Bonchev–Trinajstić information content (AvgIpc) is 2.34. The van der Waals surface area contributed by atoms with E-state index in [4.69, 9.17) is 10.5 Å². The zero-order chi connectivity index (χ0) is 13.1. The third-order valence-corrected chi connectivity index (χ3v) is 2.18. The van der Waals surface area contributed by atoms with E-state index >= 15 is 0 Å². The first-order chi connectivity index (χ1) is 8.56. The van der Waals surface area contributed by atoms with Crippen LogP contribution in [0.2, 0.25) is 0 Å². The number of halogens is 1. The van der Waals surface area contributed by atoms with Gasteiger partial charge in [0.1, 0.15) is 17.3 Å². The summed E-state index contributed by atoms with van der Waals surface area (Å²) in [6.07, 6.45) is 1.32. The monoisotopic (exact) mass is 248 g/mol. The van der Waals surface area contributed by atoms with Crippen LogP contribution < -0.4 is 15.9 Å². The summed E-state index contributed by atoms with van der Waals surface area (Å²) in [5, 5.41) is 0. The predicted molar refractivity (Wildman–Crippen MR) is 62.8 cm³/mol. The number of ether oxygens (including phenoxy) is 1. The number of benzene rings is 1. The van der Waals surface area contributed by atoms with E-state index in [0.717, 1.165) is 12.1 Å². The number of carbonyl (C=O) groups excluding carboxylic acids is 1. The highest BCUT2D eigenvalue weighted by molar-refractivity contribution is 5.88. The number of carbonyl (C=O) groups is 1. The van der Waals surface area contributed by atoms with E-state index in [9.17, 15) is 14.0 Å². The molecular weight excluding hydrogens is 239 g/mol. The standard InChI is InChI=1S/C12H9FN2O3/c13-9-6-8(1-2-10(9)14)18-12(17)11-5-7(16)3-4-15-11/h1-6H,14H2,(H,15,16). The van der Waals surface area contributed by atoms with Crippen molar-refractivity contribution in [3.8, 4) is 5.75 Å². The van der Waals surface area contributed by atoms with Crippen LogP contribution in [0.4, 0.5) is 10.1 Å². The van der Waals surface area contributed by atoms with E-state index in [1.165, 1.54) is 24.4 Å². The zero-order valence-corrected chi connectivity index (χ0v) is 9.14. The molecule has 0 aliphatic heterocycles. The van der Waals surface area contributed by atoms with Gasteiger partial charge in [0.2, 0.25) is 0 Å². The minimum atomic E-state index is -0.781. The van der Waals surface area contributed by atoms with Crippen LogP contribution in [0.15, 0.2) is 41.3 Å². The minimum absolute atomic E-state index is 0.0106. The molecule has 0 atom stereocenters. The molecule has 0 unspecified atom stereocenters. The number of nitrogens with one attached hydrogen (secondary N) is 1. The summed E-state index contributed by atoms with van der Waals surface area (Å²) in [5.74, 6) is -1.45. The molecule has 92 valence electrons. The van der Waals surface area contributed by atoms with Crippen LogP contribution in [0.1, 0.15) is 10.5 Å². The molecule has 0 aliphatic carbocycles. The van der Waals surface area contributed by atoms with Crippen molar-refractivity contribution in [3.63, 3.8) is 0 Å². The Hall–Kier alpha value is -2.63. The van der Waals surface area contributed by atoms with Gasteiger partial charge in [0.25, 0.3) is 0 Å². The van der Waals surface area contributed by atoms with E-state index < -0.39 is 11.8 Å². The van der Waals surface area contributed by atoms with Gasteiger partial charge in [0.05, 0.1) is 5.69 Å². The van der Waals surface area contributed by atoms with Crippen molar-refractivity contribution in [2.75, 3.05) is 5.73 Å². The Morgan fingerprint density at radius 3 is 2.72 bits per heavy atom. The first-order valence-electron chi connectivity index (χ1n) is 5.02. The van der Waals surface area contributed by atoms with Gasteiger partial charge in [-0.05, 0) is 12.1 Å². The van der Waals surface area contributed by atoms with Crippen LogP contribution in [0.3, 0.4) is 0 Å². The van der Waals surface area contributed by atoms with E-state index in [0.29, 0.717) is 0 Å². The lowest BCUT2D eigenvalue weighted by Crippen LogP contribution is -2.13. The Kier molecular flexibility index (Phi) is 3.09. The molecule has 0 saturated heterocycles. The Morgan fingerprint density at radius 2 is 2.06 bits per heavy atom. The van der Waals surface area contributed by atoms with E-state index in [1.54, 1.807) is 0 Å². The molecule has 0 spiro atoms. The number of hydrogen-bond acceptors (Lipinski definition) is 4. The molecule has 0 saturated carbocycles. The van der Waals surface area contributed by atoms with Gasteiger partial charge in [-0.2, -0.15) is 0 Å². The molecule has 0 bridgehead atoms. The number of nitrogens with two attached hydrogens (primary N) is 1. The number of rotatable bonds is 2. The highest BCUT2D eigenvalue weighted by Gasteiger charge is 2.10. The number of aromatic nitrogens is 1. The molecule has 3 N–H and O–H groups in total. The van der Waals surface area contributed by atoms with Crippen LogP contribution in [0, 0.1) is 5.82 Å². The fourth-order valence-electron chi connectivity index (χ4n) is 1.30. The van der Waals surface area contributed by atoms with Crippen LogP contribution in [0.5, 0.6) is 5.75 Å². The van der Waals surface area contributed by atoms with Crippen molar-refractivity contribution in [3.05, 3.63) is 58.3 Å². The number of hydrogen-bond donors (Lipinski definition) is 2. The number of pyridine rings is 1.